The second kappa shape index (κ2) is 10.2. The molecule has 0 aliphatic rings. The van der Waals surface area contributed by atoms with Gasteiger partial charge in [-0.25, -0.2) is 0 Å². The van der Waals surface area contributed by atoms with Crippen molar-refractivity contribution in [3.63, 3.8) is 0 Å². The number of hydrogen-bond acceptors (Lipinski definition) is 2. The molecule has 0 fully saturated rings. The second-order valence-electron chi connectivity index (χ2n) is 4.89. The monoisotopic (exact) mass is 413 g/mol. The van der Waals surface area contributed by atoms with Gasteiger partial charge in [-0.2, -0.15) is 5.10 Å². The van der Waals surface area contributed by atoms with Crippen molar-refractivity contribution in [3.05, 3.63) is 53.9 Å². The molecule has 0 saturated carbocycles. The Bertz CT molecular complexity index is 565. The van der Waals surface area contributed by atoms with Crippen LogP contribution in [0.5, 0.6) is 0 Å². The zero-order chi connectivity index (χ0) is 14.9. The van der Waals surface area contributed by atoms with Crippen molar-refractivity contribution in [1.82, 2.24) is 20.4 Å². The van der Waals surface area contributed by atoms with Gasteiger partial charge in [-0.1, -0.05) is 30.3 Å². The van der Waals surface area contributed by atoms with Gasteiger partial charge in [-0.15, -0.1) is 24.0 Å². The molecule has 2 N–H and O–H groups in total. The van der Waals surface area contributed by atoms with Crippen LogP contribution in [0.1, 0.15) is 17.7 Å². The van der Waals surface area contributed by atoms with Crippen LogP contribution < -0.4 is 10.6 Å². The first-order valence-electron chi connectivity index (χ1n) is 7.25. The van der Waals surface area contributed by atoms with Crippen molar-refractivity contribution < 1.29 is 0 Å². The Morgan fingerprint density at radius 2 is 1.95 bits per heavy atom. The number of nitrogens with zero attached hydrogens (tertiary/aromatic N) is 3. The Morgan fingerprint density at radius 3 is 2.59 bits per heavy atom. The van der Waals surface area contributed by atoms with Crippen LogP contribution in [-0.4, -0.2) is 29.3 Å². The second-order valence-corrected chi connectivity index (χ2v) is 4.89. The van der Waals surface area contributed by atoms with Gasteiger partial charge in [0.05, 0.1) is 12.2 Å². The summed E-state index contributed by atoms with van der Waals surface area (Å²) in [6, 6.07) is 12.5. The molecule has 0 bridgehead atoms. The normalized spacial score (nSPS) is 10.9. The van der Waals surface area contributed by atoms with Gasteiger partial charge in [-0.3, -0.25) is 9.67 Å². The molecule has 5 nitrogen and oxygen atoms in total. The van der Waals surface area contributed by atoms with Crippen LogP contribution in [0.3, 0.4) is 0 Å². The van der Waals surface area contributed by atoms with E-state index in [0.29, 0.717) is 0 Å². The van der Waals surface area contributed by atoms with Crippen LogP contribution >= 0.6 is 24.0 Å². The molecule has 22 heavy (non-hydrogen) atoms. The van der Waals surface area contributed by atoms with Crippen LogP contribution in [-0.2, 0) is 20.0 Å². The van der Waals surface area contributed by atoms with Crippen molar-refractivity contribution in [1.29, 1.82) is 0 Å². The molecule has 1 heterocycles. The molecule has 120 valence electrons. The van der Waals surface area contributed by atoms with Crippen molar-refractivity contribution in [3.8, 4) is 0 Å². The highest BCUT2D eigenvalue weighted by atomic mass is 127. The van der Waals surface area contributed by atoms with Crippen molar-refractivity contribution in [2.45, 2.75) is 19.4 Å². The number of aromatic nitrogens is 2. The third-order valence-electron chi connectivity index (χ3n) is 3.36. The van der Waals surface area contributed by atoms with Crippen LogP contribution in [0.2, 0.25) is 0 Å². The van der Waals surface area contributed by atoms with Gasteiger partial charge < -0.3 is 10.6 Å². The van der Waals surface area contributed by atoms with Gasteiger partial charge in [0.15, 0.2) is 5.96 Å². The van der Waals surface area contributed by atoms with Crippen molar-refractivity contribution >= 4 is 29.9 Å². The lowest BCUT2D eigenvalue weighted by atomic mass is 10.1. The minimum Gasteiger partial charge on any atom is -0.356 e. The van der Waals surface area contributed by atoms with E-state index in [1.54, 1.807) is 13.2 Å². The minimum atomic E-state index is 0. The van der Waals surface area contributed by atoms with E-state index in [-0.39, 0.29) is 24.0 Å². The Morgan fingerprint density at radius 1 is 1.18 bits per heavy atom. The largest absolute Gasteiger partial charge is 0.356 e. The van der Waals surface area contributed by atoms with E-state index >= 15 is 0 Å². The van der Waals surface area contributed by atoms with Crippen LogP contribution in [0.4, 0.5) is 0 Å². The lowest BCUT2D eigenvalue weighted by Gasteiger charge is -2.12. The molecular formula is C16H24IN5. The molecule has 1 aromatic heterocycles. The van der Waals surface area contributed by atoms with Gasteiger partial charge in [0.1, 0.15) is 0 Å². The van der Waals surface area contributed by atoms with Gasteiger partial charge in [0, 0.05) is 26.8 Å². The molecule has 0 radical (unpaired) electrons. The lowest BCUT2D eigenvalue weighted by molar-refractivity contribution is 0.680. The summed E-state index contributed by atoms with van der Waals surface area (Å²) in [6.07, 6.45) is 3.95. The van der Waals surface area contributed by atoms with Gasteiger partial charge in [0.25, 0.3) is 0 Å². The Balaban J connectivity index is 0.00000242. The van der Waals surface area contributed by atoms with E-state index in [1.807, 2.05) is 23.9 Å². The first-order chi connectivity index (χ1) is 10.3. The highest BCUT2D eigenvalue weighted by molar-refractivity contribution is 14.0. The zero-order valence-electron chi connectivity index (χ0n) is 13.1. The van der Waals surface area contributed by atoms with Crippen molar-refractivity contribution in [2.24, 2.45) is 12.0 Å². The lowest BCUT2D eigenvalue weighted by Crippen LogP contribution is -2.37. The fraction of sp³-hybridized carbons (Fsp3) is 0.375. The summed E-state index contributed by atoms with van der Waals surface area (Å²) in [4.78, 5) is 4.23. The van der Waals surface area contributed by atoms with Gasteiger partial charge >= 0.3 is 0 Å². The molecule has 0 unspecified atom stereocenters. The first kappa shape index (κ1) is 18.5. The third-order valence-corrected chi connectivity index (χ3v) is 3.36. The molecule has 6 heteroatoms. The maximum atomic E-state index is 4.23. The average Bonchev–Trinajstić information content (AvgIpc) is 2.93. The summed E-state index contributed by atoms with van der Waals surface area (Å²) >= 11 is 0. The SMILES string of the molecule is CN=C(NCCCc1ccccc1)NCc1ccnn1C.I. The van der Waals surface area contributed by atoms with E-state index < -0.39 is 0 Å². The van der Waals surface area contributed by atoms with E-state index in [2.05, 4.69) is 45.0 Å². The maximum Gasteiger partial charge on any atom is 0.191 e. The summed E-state index contributed by atoms with van der Waals surface area (Å²) in [5.74, 6) is 0.823. The highest BCUT2D eigenvalue weighted by Gasteiger charge is 2.01. The fourth-order valence-corrected chi connectivity index (χ4v) is 2.11. The smallest absolute Gasteiger partial charge is 0.191 e. The molecule has 0 amide bonds. The topological polar surface area (TPSA) is 54.2 Å². The molecule has 1 aromatic carbocycles. The Kier molecular flexibility index (Phi) is 8.57. The van der Waals surface area contributed by atoms with E-state index in [9.17, 15) is 0 Å². The summed E-state index contributed by atoms with van der Waals surface area (Å²) < 4.78 is 1.86. The van der Waals surface area contributed by atoms with Crippen LogP contribution in [0.15, 0.2) is 47.6 Å². The molecular weight excluding hydrogens is 389 g/mol. The number of halogens is 1. The zero-order valence-corrected chi connectivity index (χ0v) is 15.5. The van der Waals surface area contributed by atoms with E-state index in [0.717, 1.165) is 37.6 Å². The molecule has 0 atom stereocenters. The fourth-order valence-electron chi connectivity index (χ4n) is 2.11. The standard InChI is InChI=1S/C16H23N5.HI/c1-17-16(19-13-15-10-12-20-21(15)2)18-11-6-9-14-7-4-3-5-8-14;/h3-5,7-8,10,12H,6,9,11,13H2,1-2H3,(H2,17,18,19);1H. The van der Waals surface area contributed by atoms with Crippen LogP contribution in [0.25, 0.3) is 0 Å². The molecule has 0 aliphatic heterocycles. The third kappa shape index (κ3) is 6.05. The Labute approximate surface area is 149 Å². The molecule has 2 rings (SSSR count). The number of benzene rings is 1. The van der Waals surface area contributed by atoms with Crippen molar-refractivity contribution in [2.75, 3.05) is 13.6 Å². The van der Waals surface area contributed by atoms with Gasteiger partial charge in [-0.05, 0) is 24.5 Å². The number of hydrogen-bond donors (Lipinski definition) is 2. The van der Waals surface area contributed by atoms with Gasteiger partial charge in [0.2, 0.25) is 0 Å². The predicted molar refractivity (Wildman–Crippen MR) is 102 cm³/mol. The number of aryl methyl sites for hydroxylation is 2. The molecule has 0 saturated heterocycles. The average molecular weight is 413 g/mol. The molecule has 2 aromatic rings. The molecule has 0 aliphatic carbocycles. The quantitative estimate of drug-likeness (QED) is 0.331. The first-order valence-corrected chi connectivity index (χ1v) is 7.25. The van der Waals surface area contributed by atoms with E-state index in [1.165, 1.54) is 5.56 Å². The number of guanidine groups is 1. The van der Waals surface area contributed by atoms with E-state index in [4.69, 9.17) is 0 Å². The summed E-state index contributed by atoms with van der Waals surface area (Å²) in [6.45, 7) is 1.62. The predicted octanol–water partition coefficient (Wildman–Crippen LogP) is 2.34. The van der Waals surface area contributed by atoms with Crippen LogP contribution in [0, 0.1) is 0 Å². The summed E-state index contributed by atoms with van der Waals surface area (Å²) in [5, 5.41) is 10.8. The molecule has 0 spiro atoms. The minimum absolute atomic E-state index is 0. The number of nitrogens with one attached hydrogen (secondary N) is 2. The maximum absolute atomic E-state index is 4.23. The number of aliphatic imine (C=N–C) groups is 1. The summed E-state index contributed by atoms with van der Waals surface area (Å²) in [7, 11) is 3.73. The number of rotatable bonds is 6. The summed E-state index contributed by atoms with van der Waals surface area (Å²) in [5.41, 5.74) is 2.50. The Hall–Kier alpha value is -1.57. The highest BCUT2D eigenvalue weighted by Crippen LogP contribution is 2.01.